The standard InChI is InChI=1S/C12H9F3O5S/c13-12(14,15)10-8(11(16)17)4-7-3-6(5-21(18)19)1-2-9(7)20-10/h1-4,10H,5H2,(H,16,17)(H,18,19)/p-1. The molecule has 2 unspecified atom stereocenters. The van der Waals surface area contributed by atoms with Gasteiger partial charge in [0, 0.05) is 11.3 Å². The molecule has 0 aromatic heterocycles. The third-order valence-electron chi connectivity index (χ3n) is 2.74. The molecule has 0 aliphatic carbocycles. The number of aliphatic carboxylic acids is 1. The highest BCUT2D eigenvalue weighted by molar-refractivity contribution is 7.78. The van der Waals surface area contributed by atoms with Crippen molar-refractivity contribution in [2.75, 3.05) is 0 Å². The molecule has 0 radical (unpaired) electrons. The number of fused-ring (bicyclic) bond motifs is 1. The van der Waals surface area contributed by atoms with E-state index >= 15 is 0 Å². The minimum absolute atomic E-state index is 0.0934. The van der Waals surface area contributed by atoms with Crippen LogP contribution in [0.1, 0.15) is 11.1 Å². The fourth-order valence-electron chi connectivity index (χ4n) is 1.89. The maximum atomic E-state index is 12.8. The SMILES string of the molecule is O=C(O)C1=Cc2cc(CS(=O)[O-])ccc2OC1C(F)(F)F. The number of hydrogen-bond acceptors (Lipinski definition) is 4. The van der Waals surface area contributed by atoms with Gasteiger partial charge in [-0.05, 0) is 23.8 Å². The van der Waals surface area contributed by atoms with Crippen molar-refractivity contribution in [2.24, 2.45) is 0 Å². The molecule has 1 aromatic carbocycles. The molecule has 1 N–H and O–H groups in total. The first-order valence-electron chi connectivity index (χ1n) is 5.55. The zero-order chi connectivity index (χ0) is 15.8. The van der Waals surface area contributed by atoms with E-state index in [4.69, 9.17) is 9.84 Å². The van der Waals surface area contributed by atoms with Gasteiger partial charge in [0.05, 0.1) is 5.57 Å². The van der Waals surface area contributed by atoms with Gasteiger partial charge < -0.3 is 14.4 Å². The lowest BCUT2D eigenvalue weighted by atomic mass is 10.00. The van der Waals surface area contributed by atoms with E-state index in [0.29, 0.717) is 5.56 Å². The molecule has 1 heterocycles. The normalized spacial score (nSPS) is 19.2. The van der Waals surface area contributed by atoms with Crippen LogP contribution in [0.15, 0.2) is 23.8 Å². The van der Waals surface area contributed by atoms with Crippen LogP contribution in [-0.2, 0) is 21.6 Å². The van der Waals surface area contributed by atoms with Crippen LogP contribution < -0.4 is 4.74 Å². The second-order valence-electron chi connectivity index (χ2n) is 4.26. The molecule has 2 atom stereocenters. The number of benzene rings is 1. The van der Waals surface area contributed by atoms with Crippen molar-refractivity contribution in [3.63, 3.8) is 0 Å². The smallest absolute Gasteiger partial charge is 0.430 e. The van der Waals surface area contributed by atoms with Gasteiger partial charge in [-0.3, -0.25) is 4.21 Å². The van der Waals surface area contributed by atoms with Crippen LogP contribution in [0.3, 0.4) is 0 Å². The van der Waals surface area contributed by atoms with E-state index in [1.165, 1.54) is 18.2 Å². The van der Waals surface area contributed by atoms with Gasteiger partial charge in [-0.25, -0.2) is 4.79 Å². The van der Waals surface area contributed by atoms with E-state index in [-0.39, 0.29) is 17.1 Å². The molecule has 0 spiro atoms. The summed E-state index contributed by atoms with van der Waals surface area (Å²) in [7, 11) is 0. The van der Waals surface area contributed by atoms with Crippen molar-refractivity contribution >= 4 is 23.1 Å². The van der Waals surface area contributed by atoms with Gasteiger partial charge in [0.15, 0.2) is 0 Å². The average Bonchev–Trinajstić information content (AvgIpc) is 2.35. The highest BCUT2D eigenvalue weighted by Crippen LogP contribution is 2.37. The summed E-state index contributed by atoms with van der Waals surface area (Å²) in [5.41, 5.74) is -0.539. The average molecular weight is 321 g/mol. The van der Waals surface area contributed by atoms with E-state index in [0.717, 1.165) is 6.08 Å². The molecule has 1 aliphatic heterocycles. The number of rotatable bonds is 3. The van der Waals surface area contributed by atoms with Crippen LogP contribution in [0.25, 0.3) is 6.08 Å². The molecule has 2 rings (SSSR count). The Bertz CT molecular complexity index is 638. The zero-order valence-corrected chi connectivity index (χ0v) is 11.0. The van der Waals surface area contributed by atoms with Crippen LogP contribution in [-0.4, -0.2) is 32.1 Å². The Kier molecular flexibility index (Phi) is 4.06. The lowest BCUT2D eigenvalue weighted by Crippen LogP contribution is -2.40. The summed E-state index contributed by atoms with van der Waals surface area (Å²) in [5, 5.41) is 8.87. The fourth-order valence-corrected chi connectivity index (χ4v) is 2.35. The van der Waals surface area contributed by atoms with Gasteiger partial charge in [-0.2, -0.15) is 13.2 Å². The number of hydrogen-bond donors (Lipinski definition) is 1. The molecule has 0 saturated carbocycles. The van der Waals surface area contributed by atoms with Gasteiger partial charge >= 0.3 is 12.1 Å². The highest BCUT2D eigenvalue weighted by atomic mass is 32.2. The van der Waals surface area contributed by atoms with Crippen LogP contribution in [0.4, 0.5) is 13.2 Å². The number of halogens is 3. The monoisotopic (exact) mass is 321 g/mol. The van der Waals surface area contributed by atoms with E-state index in [1.807, 2.05) is 0 Å². The second-order valence-corrected chi connectivity index (χ2v) is 5.16. The topological polar surface area (TPSA) is 86.7 Å². The van der Waals surface area contributed by atoms with Crippen molar-refractivity contribution in [3.05, 3.63) is 34.9 Å². The van der Waals surface area contributed by atoms with E-state index in [9.17, 15) is 26.7 Å². The largest absolute Gasteiger partial charge is 0.772 e. The molecule has 1 aliphatic rings. The van der Waals surface area contributed by atoms with Gasteiger partial charge in [0.2, 0.25) is 6.10 Å². The number of ether oxygens (including phenoxy) is 1. The number of carboxylic acid groups (broad SMARTS) is 1. The van der Waals surface area contributed by atoms with E-state index < -0.39 is 34.9 Å². The Morgan fingerprint density at radius 2 is 2.10 bits per heavy atom. The maximum Gasteiger partial charge on any atom is 0.430 e. The maximum absolute atomic E-state index is 12.8. The Morgan fingerprint density at radius 1 is 1.43 bits per heavy atom. The predicted octanol–water partition coefficient (Wildman–Crippen LogP) is 1.86. The third-order valence-corrected chi connectivity index (χ3v) is 3.31. The first-order valence-corrected chi connectivity index (χ1v) is 6.80. The highest BCUT2D eigenvalue weighted by Gasteiger charge is 2.48. The predicted molar refractivity (Wildman–Crippen MR) is 65.1 cm³/mol. The minimum atomic E-state index is -4.86. The van der Waals surface area contributed by atoms with Crippen molar-refractivity contribution in [1.82, 2.24) is 0 Å². The molecular formula is C12H8F3O5S-. The summed E-state index contributed by atoms with van der Waals surface area (Å²) in [6.07, 6.45) is -6.57. The molecule has 9 heteroatoms. The second kappa shape index (κ2) is 5.49. The quantitative estimate of drug-likeness (QED) is 0.859. The molecule has 0 fully saturated rings. The summed E-state index contributed by atoms with van der Waals surface area (Å²) in [5.74, 6) is -2.23. The Balaban J connectivity index is 2.46. The fraction of sp³-hybridized carbons (Fsp3) is 0.250. The zero-order valence-electron chi connectivity index (χ0n) is 10.2. The summed E-state index contributed by atoms with van der Waals surface area (Å²) in [4.78, 5) is 10.9. The summed E-state index contributed by atoms with van der Waals surface area (Å²) in [6, 6.07) is 3.77. The lowest BCUT2D eigenvalue weighted by Gasteiger charge is -2.27. The van der Waals surface area contributed by atoms with Crippen molar-refractivity contribution in [2.45, 2.75) is 18.0 Å². The van der Waals surface area contributed by atoms with Crippen molar-refractivity contribution < 1.29 is 36.6 Å². The molecule has 1 aromatic rings. The van der Waals surface area contributed by atoms with E-state index in [2.05, 4.69) is 0 Å². The van der Waals surface area contributed by atoms with Gasteiger partial charge in [0.1, 0.15) is 5.75 Å². The Morgan fingerprint density at radius 3 is 2.62 bits per heavy atom. The van der Waals surface area contributed by atoms with Crippen molar-refractivity contribution in [1.29, 1.82) is 0 Å². The first kappa shape index (κ1) is 15.5. The third kappa shape index (κ3) is 3.42. The minimum Gasteiger partial charge on any atom is -0.772 e. The molecule has 0 amide bonds. The van der Waals surface area contributed by atoms with Crippen LogP contribution in [0, 0.1) is 0 Å². The van der Waals surface area contributed by atoms with Gasteiger partial charge in [0.25, 0.3) is 0 Å². The van der Waals surface area contributed by atoms with Crippen molar-refractivity contribution in [3.8, 4) is 5.75 Å². The number of carbonyl (C=O) groups is 1. The number of carboxylic acids is 1. The summed E-state index contributed by atoms with van der Waals surface area (Å²) >= 11 is -2.36. The number of alkyl halides is 3. The van der Waals surface area contributed by atoms with Crippen LogP contribution in [0.2, 0.25) is 0 Å². The Labute approximate surface area is 119 Å². The van der Waals surface area contributed by atoms with Gasteiger partial charge in [-0.15, -0.1) is 0 Å². The molecule has 0 bridgehead atoms. The Hall–Kier alpha value is -1.87. The molecule has 5 nitrogen and oxygen atoms in total. The molecule has 21 heavy (non-hydrogen) atoms. The molecular weight excluding hydrogens is 313 g/mol. The van der Waals surface area contributed by atoms with Crippen LogP contribution >= 0.6 is 0 Å². The first-order chi connectivity index (χ1) is 9.68. The van der Waals surface area contributed by atoms with E-state index in [1.54, 1.807) is 0 Å². The molecule has 114 valence electrons. The van der Waals surface area contributed by atoms with Crippen LogP contribution in [0.5, 0.6) is 5.75 Å². The molecule has 0 saturated heterocycles. The lowest BCUT2D eigenvalue weighted by molar-refractivity contribution is -0.187. The van der Waals surface area contributed by atoms with Gasteiger partial charge in [-0.1, -0.05) is 17.1 Å². The summed E-state index contributed by atoms with van der Waals surface area (Å²) < 4.78 is 64.3. The summed E-state index contributed by atoms with van der Waals surface area (Å²) in [6.45, 7) is 0.